The Bertz CT molecular complexity index is 1240. The molecule has 0 saturated carbocycles. The standard InChI is InChI=1S/C24H30N6O3S/c1-14(2)30-19(24(32-3)12-33-13-24)11-20(29-30)34(31)23-26-22(27-28-23)25-21-17-8-4-6-15(17)10-16-7-5-9-18(16)21/h10-11,14H,4-9,12-13H2,1-3H3,(H2,25,26,27,28). The van der Waals surface area contributed by atoms with E-state index >= 15 is 0 Å². The molecule has 0 amide bonds. The van der Waals surface area contributed by atoms with E-state index in [0.29, 0.717) is 24.2 Å². The summed E-state index contributed by atoms with van der Waals surface area (Å²) in [5, 5.41) is 16.0. The van der Waals surface area contributed by atoms with E-state index < -0.39 is 16.4 Å². The van der Waals surface area contributed by atoms with Crippen LogP contribution in [0.4, 0.5) is 11.6 Å². The van der Waals surface area contributed by atoms with Crippen LogP contribution in [0.2, 0.25) is 0 Å². The Labute approximate surface area is 201 Å². The van der Waals surface area contributed by atoms with Crippen LogP contribution < -0.4 is 5.32 Å². The zero-order valence-electron chi connectivity index (χ0n) is 19.8. The van der Waals surface area contributed by atoms with Gasteiger partial charge in [-0.1, -0.05) is 6.07 Å². The molecule has 9 nitrogen and oxygen atoms in total. The minimum atomic E-state index is -1.60. The summed E-state index contributed by atoms with van der Waals surface area (Å²) in [6.07, 6.45) is 6.80. The van der Waals surface area contributed by atoms with Crippen molar-refractivity contribution in [3.8, 4) is 0 Å². The lowest BCUT2D eigenvalue weighted by atomic mass is 9.97. The van der Waals surface area contributed by atoms with Crippen LogP contribution in [0, 0.1) is 0 Å². The second-order valence-electron chi connectivity index (χ2n) is 9.69. The van der Waals surface area contributed by atoms with E-state index in [0.717, 1.165) is 37.1 Å². The monoisotopic (exact) mass is 482 g/mol. The Kier molecular flexibility index (Phi) is 5.34. The Morgan fingerprint density at radius 1 is 1.15 bits per heavy atom. The highest BCUT2D eigenvalue weighted by molar-refractivity contribution is 7.84. The Balaban J connectivity index is 1.29. The zero-order chi connectivity index (χ0) is 23.4. The summed E-state index contributed by atoms with van der Waals surface area (Å²) in [4.78, 5) is 4.55. The van der Waals surface area contributed by atoms with Crippen molar-refractivity contribution in [2.75, 3.05) is 25.6 Å². The van der Waals surface area contributed by atoms with Crippen LogP contribution in [-0.4, -0.2) is 49.5 Å². The SMILES string of the molecule is COC1(c2cc(S(=O)c3nc(Nc4c5c(cc6c4CCC6)CCC5)n[nH]3)nn2C(C)C)COC1. The molecule has 180 valence electrons. The topological polar surface area (TPSA) is 107 Å². The van der Waals surface area contributed by atoms with Gasteiger partial charge in [-0.25, -0.2) is 9.31 Å². The van der Waals surface area contributed by atoms with Crippen molar-refractivity contribution in [1.29, 1.82) is 0 Å². The number of methoxy groups -OCH3 is 1. The fourth-order valence-corrected chi connectivity index (χ4v) is 6.29. The molecule has 3 aliphatic rings. The van der Waals surface area contributed by atoms with Crippen molar-refractivity contribution in [2.24, 2.45) is 0 Å². The number of hydrogen-bond acceptors (Lipinski definition) is 7. The van der Waals surface area contributed by atoms with E-state index in [-0.39, 0.29) is 11.2 Å². The molecule has 3 aromatic rings. The van der Waals surface area contributed by atoms with Crippen molar-refractivity contribution in [1.82, 2.24) is 25.0 Å². The van der Waals surface area contributed by atoms with Gasteiger partial charge < -0.3 is 14.8 Å². The minimum absolute atomic E-state index is 0.0857. The minimum Gasteiger partial charge on any atom is -0.374 e. The van der Waals surface area contributed by atoms with Crippen molar-refractivity contribution in [3.63, 3.8) is 0 Å². The van der Waals surface area contributed by atoms with Gasteiger partial charge in [-0.2, -0.15) is 10.1 Å². The third kappa shape index (κ3) is 3.42. The van der Waals surface area contributed by atoms with Crippen LogP contribution >= 0.6 is 0 Å². The molecule has 1 aliphatic heterocycles. The lowest BCUT2D eigenvalue weighted by Gasteiger charge is -2.40. The molecule has 1 atom stereocenters. The summed E-state index contributed by atoms with van der Waals surface area (Å²) >= 11 is 0. The average molecular weight is 483 g/mol. The average Bonchev–Trinajstić information content (AvgIpc) is 3.58. The number of benzene rings is 1. The van der Waals surface area contributed by atoms with E-state index in [9.17, 15) is 4.21 Å². The Hall–Kier alpha value is -2.56. The van der Waals surface area contributed by atoms with Crippen molar-refractivity contribution in [2.45, 2.75) is 74.2 Å². The van der Waals surface area contributed by atoms with Crippen LogP contribution in [0.3, 0.4) is 0 Å². The van der Waals surface area contributed by atoms with E-state index in [1.807, 2.05) is 24.6 Å². The highest BCUT2D eigenvalue weighted by Crippen LogP contribution is 2.40. The van der Waals surface area contributed by atoms with Crippen LogP contribution in [0.5, 0.6) is 0 Å². The molecular formula is C24H30N6O3S. The van der Waals surface area contributed by atoms with Crippen molar-refractivity contribution in [3.05, 3.63) is 40.1 Å². The molecule has 6 rings (SSSR count). The Morgan fingerprint density at radius 3 is 2.44 bits per heavy atom. The second kappa shape index (κ2) is 8.28. The molecule has 2 aliphatic carbocycles. The lowest BCUT2D eigenvalue weighted by molar-refractivity contribution is -0.206. The maximum atomic E-state index is 13.4. The third-order valence-electron chi connectivity index (χ3n) is 7.27. The second-order valence-corrected chi connectivity index (χ2v) is 11.0. The molecular weight excluding hydrogens is 452 g/mol. The lowest BCUT2D eigenvalue weighted by Crippen LogP contribution is -2.49. The first kappa shape index (κ1) is 21.9. The van der Waals surface area contributed by atoms with E-state index in [1.165, 1.54) is 35.1 Å². The quantitative estimate of drug-likeness (QED) is 0.532. The molecule has 3 heterocycles. The fraction of sp³-hybridized carbons (Fsp3) is 0.542. The normalized spacial score (nSPS) is 19.2. The number of aromatic nitrogens is 5. The van der Waals surface area contributed by atoms with Gasteiger partial charge in [0.1, 0.15) is 10.8 Å². The van der Waals surface area contributed by atoms with E-state index in [2.05, 4.69) is 31.7 Å². The predicted octanol–water partition coefficient (Wildman–Crippen LogP) is 3.34. The summed E-state index contributed by atoms with van der Waals surface area (Å²) < 4.78 is 26.4. The molecule has 1 unspecified atom stereocenters. The van der Waals surface area contributed by atoms with Crippen LogP contribution in [0.15, 0.2) is 22.3 Å². The van der Waals surface area contributed by atoms with E-state index in [4.69, 9.17) is 9.47 Å². The first-order valence-electron chi connectivity index (χ1n) is 12.0. The van der Waals surface area contributed by atoms with Gasteiger partial charge in [0.25, 0.3) is 0 Å². The molecule has 1 aromatic carbocycles. The summed E-state index contributed by atoms with van der Waals surface area (Å²) in [5.41, 5.74) is 7.15. The molecule has 0 radical (unpaired) electrons. The molecule has 1 fully saturated rings. The molecule has 10 heteroatoms. The molecule has 0 bridgehead atoms. The molecule has 1 saturated heterocycles. The smallest absolute Gasteiger partial charge is 0.247 e. The molecule has 2 aromatic heterocycles. The van der Waals surface area contributed by atoms with Crippen molar-refractivity contribution < 1.29 is 13.7 Å². The summed E-state index contributed by atoms with van der Waals surface area (Å²) in [6, 6.07) is 4.33. The molecule has 2 N–H and O–H groups in total. The number of fused-ring (bicyclic) bond motifs is 2. The van der Waals surface area contributed by atoms with Gasteiger partial charge >= 0.3 is 0 Å². The molecule has 0 spiro atoms. The maximum Gasteiger partial charge on any atom is 0.247 e. The number of nitrogens with zero attached hydrogens (tertiary/aromatic N) is 4. The van der Waals surface area contributed by atoms with Crippen molar-refractivity contribution >= 4 is 22.4 Å². The van der Waals surface area contributed by atoms with Gasteiger partial charge in [0.15, 0.2) is 10.6 Å². The van der Waals surface area contributed by atoms with Gasteiger partial charge in [0.05, 0.1) is 18.9 Å². The first-order chi connectivity index (χ1) is 16.5. The summed E-state index contributed by atoms with van der Waals surface area (Å²) in [6.45, 7) is 4.99. The van der Waals surface area contributed by atoms with Gasteiger partial charge in [-0.3, -0.25) is 4.68 Å². The number of anilines is 2. The number of aryl methyl sites for hydroxylation is 2. The van der Waals surface area contributed by atoms with Crippen LogP contribution in [0.1, 0.15) is 60.7 Å². The summed E-state index contributed by atoms with van der Waals surface area (Å²) in [7, 11) is 0.0685. The number of nitrogens with one attached hydrogen (secondary N) is 2. The number of rotatable bonds is 7. The van der Waals surface area contributed by atoms with Gasteiger partial charge in [0.2, 0.25) is 11.1 Å². The number of ether oxygens (including phenoxy) is 2. The third-order valence-corrected chi connectivity index (χ3v) is 8.38. The number of hydrogen-bond donors (Lipinski definition) is 2. The maximum absolute atomic E-state index is 13.4. The number of H-pyrrole nitrogens is 1. The number of aromatic amines is 1. The van der Waals surface area contributed by atoms with Gasteiger partial charge in [-0.15, -0.1) is 5.10 Å². The zero-order valence-corrected chi connectivity index (χ0v) is 20.6. The van der Waals surface area contributed by atoms with E-state index in [1.54, 1.807) is 7.11 Å². The van der Waals surface area contributed by atoms with Crippen LogP contribution in [0.25, 0.3) is 0 Å². The fourth-order valence-electron chi connectivity index (χ4n) is 5.42. The molecule has 34 heavy (non-hydrogen) atoms. The summed E-state index contributed by atoms with van der Waals surface area (Å²) in [5.74, 6) is 0.446. The highest BCUT2D eigenvalue weighted by atomic mass is 32.2. The first-order valence-corrected chi connectivity index (χ1v) is 13.1. The Morgan fingerprint density at radius 2 is 1.85 bits per heavy atom. The highest BCUT2D eigenvalue weighted by Gasteiger charge is 2.44. The van der Waals surface area contributed by atoms with Gasteiger partial charge in [-0.05, 0) is 80.7 Å². The predicted molar refractivity (Wildman–Crippen MR) is 127 cm³/mol. The van der Waals surface area contributed by atoms with Crippen LogP contribution in [-0.2, 0) is 51.6 Å². The largest absolute Gasteiger partial charge is 0.374 e. The van der Waals surface area contributed by atoms with Gasteiger partial charge in [0, 0.05) is 18.8 Å².